The minimum Gasteiger partial charge on any atom is -0.464 e. The highest BCUT2D eigenvalue weighted by molar-refractivity contribution is 6.07. The number of esters is 1. The van der Waals surface area contributed by atoms with Crippen molar-refractivity contribution < 1.29 is 23.5 Å². The molecule has 6 nitrogen and oxygen atoms in total. The minimum atomic E-state index is -0.719. The van der Waals surface area contributed by atoms with E-state index in [1.54, 1.807) is 25.7 Å². The third kappa shape index (κ3) is 3.56. The van der Waals surface area contributed by atoms with Crippen LogP contribution in [-0.4, -0.2) is 46.7 Å². The minimum absolute atomic E-state index is 0.0175. The highest BCUT2D eigenvalue weighted by Crippen LogP contribution is 2.32. The summed E-state index contributed by atoms with van der Waals surface area (Å²) in [6.45, 7) is 5.08. The number of ether oxygens (including phenoxy) is 1. The lowest BCUT2D eigenvalue weighted by Gasteiger charge is -2.29. The average molecular weight is 386 g/mol. The van der Waals surface area contributed by atoms with Crippen LogP contribution in [-0.2, 0) is 4.74 Å². The molecule has 148 valence electrons. The van der Waals surface area contributed by atoms with Gasteiger partial charge in [-0.3, -0.25) is 9.59 Å². The fourth-order valence-corrected chi connectivity index (χ4v) is 3.51. The van der Waals surface area contributed by atoms with Gasteiger partial charge in [0.15, 0.2) is 5.78 Å². The summed E-state index contributed by atoms with van der Waals surface area (Å²) in [6, 6.07) is 4.57. The Balaban J connectivity index is 1.92. The van der Waals surface area contributed by atoms with Crippen molar-refractivity contribution in [1.82, 2.24) is 9.88 Å². The van der Waals surface area contributed by atoms with E-state index in [1.165, 1.54) is 31.4 Å². The number of aromatic amines is 1. The Kier molecular flexibility index (Phi) is 5.36. The topological polar surface area (TPSA) is 79.5 Å². The Morgan fingerprint density at radius 3 is 2.32 bits per heavy atom. The Labute approximate surface area is 162 Å². The zero-order valence-electron chi connectivity index (χ0n) is 16.3. The normalized spacial score (nSPS) is 14.5. The van der Waals surface area contributed by atoms with Crippen LogP contribution in [0.25, 0.3) is 0 Å². The van der Waals surface area contributed by atoms with Gasteiger partial charge in [0.25, 0.3) is 5.91 Å². The molecular formula is C21H23FN2O4. The van der Waals surface area contributed by atoms with Gasteiger partial charge in [-0.25, -0.2) is 9.18 Å². The van der Waals surface area contributed by atoms with Gasteiger partial charge in [-0.15, -0.1) is 0 Å². The molecule has 0 bridgehead atoms. The van der Waals surface area contributed by atoms with Crippen LogP contribution in [0.15, 0.2) is 24.3 Å². The largest absolute Gasteiger partial charge is 0.464 e. The lowest BCUT2D eigenvalue weighted by molar-refractivity contribution is 0.0591. The third-order valence-corrected chi connectivity index (χ3v) is 5.14. The average Bonchev–Trinajstić information content (AvgIpc) is 3.46. The molecule has 1 atom stereocenters. The maximum absolute atomic E-state index is 13.2. The first-order chi connectivity index (χ1) is 13.3. The summed E-state index contributed by atoms with van der Waals surface area (Å²) in [5.74, 6) is -1.52. The predicted molar refractivity (Wildman–Crippen MR) is 101 cm³/mol. The number of H-pyrrole nitrogens is 1. The number of Topliss-reactive ketones (excluding diaryl/α,β-unsaturated/α-hetero) is 1. The van der Waals surface area contributed by atoms with Crippen molar-refractivity contribution >= 4 is 17.7 Å². The third-order valence-electron chi connectivity index (χ3n) is 5.14. The number of benzene rings is 1. The van der Waals surface area contributed by atoms with Gasteiger partial charge >= 0.3 is 5.97 Å². The molecule has 0 radical (unpaired) electrons. The van der Waals surface area contributed by atoms with Crippen LogP contribution < -0.4 is 0 Å². The first kappa shape index (κ1) is 19.8. The number of rotatable bonds is 6. The Bertz CT molecular complexity index is 929. The molecule has 0 aliphatic heterocycles. The number of aromatic nitrogens is 1. The van der Waals surface area contributed by atoms with E-state index in [0.717, 1.165) is 12.8 Å². The van der Waals surface area contributed by atoms with E-state index in [0.29, 0.717) is 22.4 Å². The Hall–Kier alpha value is -2.96. The monoisotopic (exact) mass is 386 g/mol. The van der Waals surface area contributed by atoms with E-state index < -0.39 is 17.8 Å². The second-order valence-corrected chi connectivity index (χ2v) is 7.11. The molecule has 1 aliphatic carbocycles. The standard InChI is InChI=1S/C21H23FN2O4/c1-11-17(12(2)23-18(11)21(27)28-4)19(25)13(3)24(16-9-10-16)20(26)14-5-7-15(22)8-6-14/h5-8,13,16,23H,9-10H2,1-4H3. The van der Waals surface area contributed by atoms with Gasteiger partial charge in [0, 0.05) is 22.9 Å². The number of carbonyl (C=O) groups is 3. The van der Waals surface area contributed by atoms with E-state index in [1.807, 2.05) is 0 Å². The van der Waals surface area contributed by atoms with Gasteiger partial charge in [0.2, 0.25) is 0 Å². The van der Waals surface area contributed by atoms with Crippen molar-refractivity contribution in [2.45, 2.75) is 45.7 Å². The van der Waals surface area contributed by atoms with Crippen molar-refractivity contribution in [2.24, 2.45) is 0 Å². The quantitative estimate of drug-likeness (QED) is 0.609. The highest BCUT2D eigenvalue weighted by Gasteiger charge is 2.40. The first-order valence-electron chi connectivity index (χ1n) is 9.16. The number of ketones is 1. The number of nitrogens with zero attached hydrogens (tertiary/aromatic N) is 1. The molecular weight excluding hydrogens is 363 g/mol. The van der Waals surface area contributed by atoms with E-state index in [9.17, 15) is 18.8 Å². The summed E-state index contributed by atoms with van der Waals surface area (Å²) in [6.07, 6.45) is 1.64. The van der Waals surface area contributed by atoms with Crippen LogP contribution >= 0.6 is 0 Å². The van der Waals surface area contributed by atoms with Crippen molar-refractivity contribution in [1.29, 1.82) is 0 Å². The Morgan fingerprint density at radius 1 is 1.18 bits per heavy atom. The summed E-state index contributed by atoms with van der Waals surface area (Å²) >= 11 is 0. The molecule has 1 N–H and O–H groups in total. The highest BCUT2D eigenvalue weighted by atomic mass is 19.1. The molecule has 1 heterocycles. The summed E-state index contributed by atoms with van der Waals surface area (Å²) in [5, 5.41) is 0. The molecule has 1 aromatic heterocycles. The molecule has 1 fully saturated rings. The number of amides is 1. The lowest BCUT2D eigenvalue weighted by atomic mass is 9.99. The summed E-state index contributed by atoms with van der Waals surface area (Å²) in [5.41, 5.74) is 2.03. The van der Waals surface area contributed by atoms with Gasteiger partial charge in [-0.05, 0) is 63.4 Å². The van der Waals surface area contributed by atoms with E-state index in [-0.39, 0.29) is 23.4 Å². The van der Waals surface area contributed by atoms with Gasteiger partial charge < -0.3 is 14.6 Å². The zero-order valence-corrected chi connectivity index (χ0v) is 16.3. The van der Waals surface area contributed by atoms with E-state index >= 15 is 0 Å². The second kappa shape index (κ2) is 7.58. The van der Waals surface area contributed by atoms with Crippen LogP contribution in [0.1, 0.15) is 62.2 Å². The molecule has 0 saturated heterocycles. The van der Waals surface area contributed by atoms with Crippen molar-refractivity contribution in [3.8, 4) is 0 Å². The fraction of sp³-hybridized carbons (Fsp3) is 0.381. The summed E-state index contributed by atoms with van der Waals surface area (Å²) in [7, 11) is 1.28. The number of aryl methyl sites for hydroxylation is 1. The fourth-order valence-electron chi connectivity index (χ4n) is 3.51. The van der Waals surface area contributed by atoms with Crippen molar-refractivity contribution in [3.05, 3.63) is 58.2 Å². The van der Waals surface area contributed by atoms with Gasteiger partial charge in [-0.1, -0.05) is 0 Å². The molecule has 1 saturated carbocycles. The number of carbonyl (C=O) groups excluding carboxylic acids is 3. The smallest absolute Gasteiger partial charge is 0.354 e. The number of methoxy groups -OCH3 is 1. The van der Waals surface area contributed by atoms with Crippen LogP contribution in [0.4, 0.5) is 4.39 Å². The molecule has 1 aliphatic rings. The lowest BCUT2D eigenvalue weighted by Crippen LogP contribution is -2.45. The van der Waals surface area contributed by atoms with E-state index in [4.69, 9.17) is 4.74 Å². The van der Waals surface area contributed by atoms with Crippen LogP contribution in [0.2, 0.25) is 0 Å². The van der Waals surface area contributed by atoms with E-state index in [2.05, 4.69) is 4.98 Å². The molecule has 1 unspecified atom stereocenters. The predicted octanol–water partition coefficient (Wildman–Crippen LogP) is 3.43. The van der Waals surface area contributed by atoms with Crippen LogP contribution in [0.3, 0.4) is 0 Å². The van der Waals surface area contributed by atoms with Crippen molar-refractivity contribution in [3.63, 3.8) is 0 Å². The molecule has 1 amide bonds. The molecule has 3 rings (SSSR count). The maximum Gasteiger partial charge on any atom is 0.354 e. The number of nitrogens with one attached hydrogen (secondary N) is 1. The number of hydrogen-bond acceptors (Lipinski definition) is 4. The maximum atomic E-state index is 13.2. The first-order valence-corrected chi connectivity index (χ1v) is 9.16. The van der Waals surface area contributed by atoms with Crippen LogP contribution in [0.5, 0.6) is 0 Å². The van der Waals surface area contributed by atoms with Crippen molar-refractivity contribution in [2.75, 3.05) is 7.11 Å². The molecule has 0 spiro atoms. The van der Waals surface area contributed by atoms with Gasteiger partial charge in [-0.2, -0.15) is 0 Å². The van der Waals surface area contributed by atoms with Gasteiger partial charge in [0.05, 0.1) is 13.2 Å². The van der Waals surface area contributed by atoms with Crippen LogP contribution in [0, 0.1) is 19.7 Å². The zero-order chi connectivity index (χ0) is 20.6. The molecule has 1 aromatic carbocycles. The molecule has 2 aromatic rings. The SMILES string of the molecule is COC(=O)c1[nH]c(C)c(C(=O)C(C)N(C(=O)c2ccc(F)cc2)C2CC2)c1C. The second-order valence-electron chi connectivity index (χ2n) is 7.11. The number of hydrogen-bond donors (Lipinski definition) is 1. The number of halogens is 1. The Morgan fingerprint density at radius 2 is 1.79 bits per heavy atom. The molecule has 7 heteroatoms. The van der Waals surface area contributed by atoms with Gasteiger partial charge in [0.1, 0.15) is 11.5 Å². The molecule has 28 heavy (non-hydrogen) atoms. The summed E-state index contributed by atoms with van der Waals surface area (Å²) in [4.78, 5) is 42.6. The summed E-state index contributed by atoms with van der Waals surface area (Å²) < 4.78 is 17.9.